The van der Waals surface area contributed by atoms with E-state index >= 15 is 0 Å². The van der Waals surface area contributed by atoms with E-state index in [1.54, 1.807) is 17.8 Å². The fraction of sp³-hybridized carbons (Fsp3) is 0.667. The van der Waals surface area contributed by atoms with Gasteiger partial charge in [-0.2, -0.15) is 10.1 Å². The van der Waals surface area contributed by atoms with Gasteiger partial charge in [0.05, 0.1) is 19.2 Å². The van der Waals surface area contributed by atoms with Crippen LogP contribution in [-0.2, 0) is 13.1 Å². The summed E-state index contributed by atoms with van der Waals surface area (Å²) in [7, 11) is 2.08. The molecule has 2 aromatic heterocycles. The number of aliphatic hydroxyl groups is 1. The van der Waals surface area contributed by atoms with Crippen LogP contribution in [0, 0.1) is 6.92 Å². The number of nitrogens with zero attached hydrogens (tertiary/aromatic N) is 6. The molecule has 8 nitrogen and oxygen atoms in total. The van der Waals surface area contributed by atoms with Gasteiger partial charge in [0.25, 0.3) is 0 Å². The van der Waals surface area contributed by atoms with E-state index in [0.717, 1.165) is 25.3 Å². The lowest BCUT2D eigenvalue weighted by atomic mass is 10.2. The maximum atomic E-state index is 10.2. The molecule has 3 rings (SSSR count). The molecule has 1 fully saturated rings. The van der Waals surface area contributed by atoms with E-state index in [1.807, 2.05) is 12.3 Å². The fourth-order valence-electron chi connectivity index (χ4n) is 3.08. The van der Waals surface area contributed by atoms with Crippen LogP contribution in [0.1, 0.15) is 18.1 Å². The number of hydrogen-bond acceptors (Lipinski definition) is 7. The summed E-state index contributed by atoms with van der Waals surface area (Å²) >= 11 is 0. The predicted octanol–water partition coefficient (Wildman–Crippen LogP) is 0.142. The van der Waals surface area contributed by atoms with Crippen molar-refractivity contribution < 1.29 is 9.63 Å². The Morgan fingerprint density at radius 2 is 2.35 bits per heavy atom. The van der Waals surface area contributed by atoms with Crippen LogP contribution in [0.2, 0.25) is 0 Å². The highest BCUT2D eigenvalue weighted by molar-refractivity contribution is 4.88. The Labute approximate surface area is 135 Å². The molecule has 23 heavy (non-hydrogen) atoms. The summed E-state index contributed by atoms with van der Waals surface area (Å²) in [6.07, 6.45) is 4.28. The molecule has 2 aromatic rings. The molecule has 1 N–H and O–H groups in total. The molecule has 2 atom stereocenters. The molecular formula is C15H24N6O2. The van der Waals surface area contributed by atoms with Gasteiger partial charge in [0.1, 0.15) is 0 Å². The maximum Gasteiger partial charge on any atom is 0.223 e. The number of hydrogen-bond donors (Lipinski definition) is 1. The summed E-state index contributed by atoms with van der Waals surface area (Å²) in [5.41, 5.74) is 0. The van der Waals surface area contributed by atoms with E-state index in [0.29, 0.717) is 31.6 Å². The van der Waals surface area contributed by atoms with Crippen molar-refractivity contribution in [1.82, 2.24) is 29.7 Å². The third-order valence-electron chi connectivity index (χ3n) is 4.26. The molecule has 8 heteroatoms. The quantitative estimate of drug-likeness (QED) is 0.777. The summed E-state index contributed by atoms with van der Waals surface area (Å²) in [5.74, 6) is 1.32. The first kappa shape index (κ1) is 16.1. The first-order valence-corrected chi connectivity index (χ1v) is 7.97. The average molecular weight is 320 g/mol. The lowest BCUT2D eigenvalue weighted by Gasteiger charge is -2.24. The first-order valence-electron chi connectivity index (χ1n) is 7.97. The average Bonchev–Trinajstić information content (AvgIpc) is 3.22. The Morgan fingerprint density at radius 1 is 1.48 bits per heavy atom. The van der Waals surface area contributed by atoms with Crippen molar-refractivity contribution in [2.75, 3.05) is 26.7 Å². The van der Waals surface area contributed by atoms with Crippen molar-refractivity contribution in [3.05, 3.63) is 30.2 Å². The van der Waals surface area contributed by atoms with Gasteiger partial charge in [0.15, 0.2) is 5.82 Å². The lowest BCUT2D eigenvalue weighted by Crippen LogP contribution is -2.37. The van der Waals surface area contributed by atoms with Gasteiger partial charge in [-0.15, -0.1) is 0 Å². The Balaban J connectivity index is 1.44. The van der Waals surface area contributed by atoms with Crippen molar-refractivity contribution in [2.45, 2.75) is 38.6 Å². The van der Waals surface area contributed by atoms with Gasteiger partial charge in [0.2, 0.25) is 5.89 Å². The molecular weight excluding hydrogens is 296 g/mol. The minimum absolute atomic E-state index is 0.404. The van der Waals surface area contributed by atoms with Crippen molar-refractivity contribution in [3.63, 3.8) is 0 Å². The zero-order valence-electron chi connectivity index (χ0n) is 13.7. The molecule has 0 aromatic carbocycles. The number of likely N-dealkylation sites (N-methyl/N-ethyl adjacent to an activating group) is 1. The second-order valence-electron chi connectivity index (χ2n) is 6.23. The van der Waals surface area contributed by atoms with Crippen molar-refractivity contribution in [3.8, 4) is 0 Å². The van der Waals surface area contributed by atoms with E-state index < -0.39 is 6.10 Å². The van der Waals surface area contributed by atoms with Crippen LogP contribution in [0.15, 0.2) is 23.0 Å². The van der Waals surface area contributed by atoms with Crippen LogP contribution < -0.4 is 0 Å². The third-order valence-corrected chi connectivity index (χ3v) is 4.26. The molecule has 0 unspecified atom stereocenters. The van der Waals surface area contributed by atoms with E-state index in [9.17, 15) is 5.11 Å². The van der Waals surface area contributed by atoms with Gasteiger partial charge in [-0.05, 0) is 26.1 Å². The van der Waals surface area contributed by atoms with Gasteiger partial charge in [-0.3, -0.25) is 14.5 Å². The Hall–Kier alpha value is -1.77. The van der Waals surface area contributed by atoms with Gasteiger partial charge >= 0.3 is 0 Å². The SMILES string of the molecule is Cc1nc(CN(C)[C@H]2CCN(C[C@@H](O)Cn3cccn3)C2)no1. The molecule has 1 aliphatic rings. The Kier molecular flexibility index (Phi) is 5.04. The van der Waals surface area contributed by atoms with E-state index in [4.69, 9.17) is 4.52 Å². The van der Waals surface area contributed by atoms with E-state index in [2.05, 4.69) is 32.1 Å². The number of aromatic nitrogens is 4. The summed E-state index contributed by atoms with van der Waals surface area (Å²) in [5, 5.41) is 18.3. The van der Waals surface area contributed by atoms with Crippen molar-refractivity contribution >= 4 is 0 Å². The highest BCUT2D eigenvalue weighted by Crippen LogP contribution is 2.16. The normalized spacial score (nSPS) is 20.4. The van der Waals surface area contributed by atoms with Gasteiger partial charge in [0, 0.05) is 38.4 Å². The predicted molar refractivity (Wildman–Crippen MR) is 83.6 cm³/mol. The minimum Gasteiger partial charge on any atom is -0.390 e. The number of likely N-dealkylation sites (tertiary alicyclic amines) is 1. The number of β-amino-alcohol motifs (C(OH)–C–C–N with tert-alkyl or cyclic N) is 1. The molecule has 0 aliphatic carbocycles. The van der Waals surface area contributed by atoms with Gasteiger partial charge in [-0.1, -0.05) is 5.16 Å². The van der Waals surface area contributed by atoms with Crippen LogP contribution >= 0.6 is 0 Å². The number of rotatable bonds is 7. The molecule has 1 saturated heterocycles. The molecule has 126 valence electrons. The number of aliphatic hydroxyl groups excluding tert-OH is 1. The van der Waals surface area contributed by atoms with Crippen LogP contribution in [-0.4, -0.2) is 73.7 Å². The second-order valence-corrected chi connectivity index (χ2v) is 6.23. The zero-order chi connectivity index (χ0) is 16.2. The molecule has 0 saturated carbocycles. The van der Waals surface area contributed by atoms with Gasteiger partial charge < -0.3 is 9.63 Å². The highest BCUT2D eigenvalue weighted by Gasteiger charge is 2.27. The van der Waals surface area contributed by atoms with E-state index in [-0.39, 0.29) is 0 Å². The third kappa shape index (κ3) is 4.37. The van der Waals surface area contributed by atoms with Crippen LogP contribution in [0.5, 0.6) is 0 Å². The Bertz CT molecular complexity index is 599. The topological polar surface area (TPSA) is 83.5 Å². The second kappa shape index (κ2) is 7.20. The summed E-state index contributed by atoms with van der Waals surface area (Å²) in [4.78, 5) is 8.80. The maximum absolute atomic E-state index is 10.2. The van der Waals surface area contributed by atoms with Crippen molar-refractivity contribution in [1.29, 1.82) is 0 Å². The first-order chi connectivity index (χ1) is 11.1. The smallest absolute Gasteiger partial charge is 0.223 e. The highest BCUT2D eigenvalue weighted by atomic mass is 16.5. The van der Waals surface area contributed by atoms with Crippen molar-refractivity contribution in [2.24, 2.45) is 0 Å². The summed E-state index contributed by atoms with van der Waals surface area (Å²) < 4.78 is 6.78. The lowest BCUT2D eigenvalue weighted by molar-refractivity contribution is 0.101. The van der Waals surface area contributed by atoms with Crippen LogP contribution in [0.3, 0.4) is 0 Å². The molecule has 0 spiro atoms. The number of aryl methyl sites for hydroxylation is 1. The molecule has 0 radical (unpaired) electrons. The Morgan fingerprint density at radius 3 is 3.04 bits per heavy atom. The van der Waals surface area contributed by atoms with E-state index in [1.165, 1.54) is 0 Å². The van der Waals surface area contributed by atoms with Gasteiger partial charge in [-0.25, -0.2) is 0 Å². The molecule has 3 heterocycles. The molecule has 0 bridgehead atoms. The van der Waals surface area contributed by atoms with Crippen LogP contribution in [0.4, 0.5) is 0 Å². The largest absolute Gasteiger partial charge is 0.390 e. The molecule has 1 aliphatic heterocycles. The zero-order valence-corrected chi connectivity index (χ0v) is 13.7. The molecule has 0 amide bonds. The standard InChI is InChI=1S/C15H24N6O2/c1-12-17-15(18-23-12)11-19(2)13-4-7-20(8-13)9-14(22)10-21-6-3-5-16-21/h3,5-6,13-14,22H,4,7-11H2,1-2H3/t13-,14+/m0/s1. The van der Waals surface area contributed by atoms with Crippen LogP contribution in [0.25, 0.3) is 0 Å². The minimum atomic E-state index is -0.404. The summed E-state index contributed by atoms with van der Waals surface area (Å²) in [6.45, 7) is 5.64. The monoisotopic (exact) mass is 320 g/mol. The fourth-order valence-corrected chi connectivity index (χ4v) is 3.08. The summed E-state index contributed by atoms with van der Waals surface area (Å²) in [6, 6.07) is 2.32.